The maximum absolute atomic E-state index is 5.60. The van der Waals surface area contributed by atoms with Crippen molar-refractivity contribution >= 4 is 0 Å². The molecule has 0 N–H and O–H groups in total. The van der Waals surface area contributed by atoms with Crippen molar-refractivity contribution in [2.45, 2.75) is 52.4 Å². The third-order valence-electron chi connectivity index (χ3n) is 4.69. The van der Waals surface area contributed by atoms with E-state index in [1.54, 1.807) is 7.11 Å². The van der Waals surface area contributed by atoms with Gasteiger partial charge < -0.3 is 9.26 Å². The zero-order chi connectivity index (χ0) is 19.8. The number of nitrogens with zero attached hydrogens (tertiary/aromatic N) is 2. The third-order valence-corrected chi connectivity index (χ3v) is 4.69. The van der Waals surface area contributed by atoms with Gasteiger partial charge >= 0.3 is 0 Å². The molecule has 0 fully saturated rings. The summed E-state index contributed by atoms with van der Waals surface area (Å²) >= 11 is 0. The summed E-state index contributed by atoms with van der Waals surface area (Å²) in [4.78, 5) is 4.63. The first-order valence-corrected chi connectivity index (χ1v) is 9.22. The summed E-state index contributed by atoms with van der Waals surface area (Å²) in [5.41, 5.74) is 4.45. The molecular formula is C23H28N2O2. The zero-order valence-corrected chi connectivity index (χ0v) is 17.3. The van der Waals surface area contributed by atoms with Crippen LogP contribution < -0.4 is 4.74 Å². The largest absolute Gasteiger partial charge is 0.497 e. The molecule has 0 radical (unpaired) electrons. The van der Waals surface area contributed by atoms with E-state index in [-0.39, 0.29) is 10.8 Å². The SMILES string of the molecule is COc1ccc(-c2noc(-c3cc(C(C)(C)C)cc(C(C)(C)C)c3)n2)cc1. The quantitative estimate of drug-likeness (QED) is 0.571. The molecule has 4 heteroatoms. The second kappa shape index (κ2) is 6.84. The Hall–Kier alpha value is -2.62. The molecule has 0 saturated heterocycles. The molecular weight excluding hydrogens is 336 g/mol. The van der Waals surface area contributed by atoms with Crippen LogP contribution >= 0.6 is 0 Å². The molecule has 3 rings (SSSR count). The highest BCUT2D eigenvalue weighted by atomic mass is 16.5. The van der Waals surface area contributed by atoms with Crippen LogP contribution in [0.5, 0.6) is 5.75 Å². The minimum Gasteiger partial charge on any atom is -0.497 e. The summed E-state index contributed by atoms with van der Waals surface area (Å²) in [5.74, 6) is 1.92. The Balaban J connectivity index is 2.04. The van der Waals surface area contributed by atoms with E-state index in [4.69, 9.17) is 9.26 Å². The Labute approximate surface area is 161 Å². The van der Waals surface area contributed by atoms with Crippen molar-refractivity contribution in [3.05, 3.63) is 53.6 Å². The lowest BCUT2D eigenvalue weighted by molar-refractivity contribution is 0.414. The predicted molar refractivity (Wildman–Crippen MR) is 109 cm³/mol. The minimum atomic E-state index is 0.0366. The van der Waals surface area contributed by atoms with Crippen molar-refractivity contribution < 1.29 is 9.26 Å². The van der Waals surface area contributed by atoms with Crippen molar-refractivity contribution in [1.29, 1.82) is 0 Å². The highest BCUT2D eigenvalue weighted by molar-refractivity contribution is 5.62. The number of ether oxygens (including phenoxy) is 1. The first kappa shape index (κ1) is 19.2. The molecule has 0 spiro atoms. The number of rotatable bonds is 3. The van der Waals surface area contributed by atoms with E-state index in [0.717, 1.165) is 16.9 Å². The van der Waals surface area contributed by atoms with Crippen LogP contribution in [0.25, 0.3) is 22.8 Å². The lowest BCUT2D eigenvalue weighted by atomic mass is 9.79. The van der Waals surface area contributed by atoms with E-state index in [9.17, 15) is 0 Å². The fraction of sp³-hybridized carbons (Fsp3) is 0.391. The molecule has 27 heavy (non-hydrogen) atoms. The van der Waals surface area contributed by atoms with Crippen LogP contribution in [-0.4, -0.2) is 17.3 Å². The fourth-order valence-electron chi connectivity index (χ4n) is 2.82. The van der Waals surface area contributed by atoms with Gasteiger partial charge in [-0.05, 0) is 58.4 Å². The van der Waals surface area contributed by atoms with Crippen LogP contribution in [0.2, 0.25) is 0 Å². The standard InChI is InChI=1S/C23H28N2O2/c1-22(2,3)17-12-16(13-18(14-17)23(4,5)6)21-24-20(25-27-21)15-8-10-19(26-7)11-9-15/h8-14H,1-7H3. The summed E-state index contributed by atoms with van der Waals surface area (Å²) in [7, 11) is 1.65. The molecule has 0 bridgehead atoms. The second-order valence-corrected chi connectivity index (χ2v) is 8.95. The fourth-order valence-corrected chi connectivity index (χ4v) is 2.82. The van der Waals surface area contributed by atoms with E-state index >= 15 is 0 Å². The number of hydrogen-bond donors (Lipinski definition) is 0. The molecule has 3 aromatic rings. The summed E-state index contributed by atoms with van der Waals surface area (Å²) in [5, 5.41) is 4.18. The number of methoxy groups -OCH3 is 1. The lowest BCUT2D eigenvalue weighted by Crippen LogP contribution is -2.16. The van der Waals surface area contributed by atoms with Crippen LogP contribution in [-0.2, 0) is 10.8 Å². The maximum Gasteiger partial charge on any atom is 0.258 e. The Morgan fingerprint density at radius 3 is 1.81 bits per heavy atom. The normalized spacial score (nSPS) is 12.3. The first-order chi connectivity index (χ1) is 12.6. The van der Waals surface area contributed by atoms with Crippen molar-refractivity contribution in [3.63, 3.8) is 0 Å². The average molecular weight is 364 g/mol. The highest BCUT2D eigenvalue weighted by Crippen LogP contribution is 2.34. The van der Waals surface area contributed by atoms with Gasteiger partial charge in [0.1, 0.15) is 5.75 Å². The van der Waals surface area contributed by atoms with Gasteiger partial charge in [-0.15, -0.1) is 0 Å². The van der Waals surface area contributed by atoms with Crippen LogP contribution in [0.3, 0.4) is 0 Å². The molecule has 1 heterocycles. The van der Waals surface area contributed by atoms with Crippen molar-refractivity contribution in [2.24, 2.45) is 0 Å². The van der Waals surface area contributed by atoms with Crippen LogP contribution in [0, 0.1) is 0 Å². The van der Waals surface area contributed by atoms with E-state index in [1.165, 1.54) is 11.1 Å². The van der Waals surface area contributed by atoms with Gasteiger partial charge in [0.2, 0.25) is 5.82 Å². The van der Waals surface area contributed by atoms with Gasteiger partial charge in [0, 0.05) is 11.1 Å². The van der Waals surface area contributed by atoms with E-state index in [2.05, 4.69) is 69.9 Å². The average Bonchev–Trinajstić information content (AvgIpc) is 3.10. The molecule has 4 nitrogen and oxygen atoms in total. The molecule has 1 aromatic heterocycles. The lowest BCUT2D eigenvalue weighted by Gasteiger charge is -2.25. The summed E-state index contributed by atoms with van der Waals surface area (Å²) in [6.07, 6.45) is 0. The van der Waals surface area contributed by atoms with Crippen LogP contribution in [0.1, 0.15) is 52.7 Å². The number of hydrogen-bond acceptors (Lipinski definition) is 4. The van der Waals surface area contributed by atoms with E-state index < -0.39 is 0 Å². The van der Waals surface area contributed by atoms with Crippen LogP contribution in [0.4, 0.5) is 0 Å². The van der Waals surface area contributed by atoms with Gasteiger partial charge in [-0.3, -0.25) is 0 Å². The maximum atomic E-state index is 5.60. The molecule has 2 aromatic carbocycles. The number of benzene rings is 2. The molecule has 0 unspecified atom stereocenters. The Morgan fingerprint density at radius 1 is 0.778 bits per heavy atom. The Morgan fingerprint density at radius 2 is 1.33 bits per heavy atom. The zero-order valence-electron chi connectivity index (χ0n) is 17.3. The van der Waals surface area contributed by atoms with Crippen molar-refractivity contribution in [1.82, 2.24) is 10.1 Å². The predicted octanol–water partition coefficient (Wildman–Crippen LogP) is 6.01. The van der Waals surface area contributed by atoms with Crippen molar-refractivity contribution in [3.8, 4) is 28.6 Å². The molecule has 0 aliphatic carbocycles. The topological polar surface area (TPSA) is 48.2 Å². The monoisotopic (exact) mass is 364 g/mol. The van der Waals surface area contributed by atoms with Gasteiger partial charge in [-0.1, -0.05) is 52.8 Å². The van der Waals surface area contributed by atoms with Gasteiger partial charge in [0.25, 0.3) is 5.89 Å². The Kier molecular flexibility index (Phi) is 4.85. The molecule has 0 saturated carbocycles. The molecule has 0 atom stereocenters. The Bertz CT molecular complexity index is 894. The van der Waals surface area contributed by atoms with Gasteiger partial charge in [0.05, 0.1) is 7.11 Å². The first-order valence-electron chi connectivity index (χ1n) is 9.22. The molecule has 0 amide bonds. The second-order valence-electron chi connectivity index (χ2n) is 8.95. The number of aromatic nitrogens is 2. The van der Waals surface area contributed by atoms with Gasteiger partial charge in [-0.2, -0.15) is 4.98 Å². The summed E-state index contributed by atoms with van der Waals surface area (Å²) in [6, 6.07) is 14.2. The summed E-state index contributed by atoms with van der Waals surface area (Å²) < 4.78 is 10.8. The molecule has 0 aliphatic heterocycles. The summed E-state index contributed by atoms with van der Waals surface area (Å²) in [6.45, 7) is 13.3. The highest BCUT2D eigenvalue weighted by Gasteiger charge is 2.22. The van der Waals surface area contributed by atoms with Crippen molar-refractivity contribution in [2.75, 3.05) is 7.11 Å². The molecule has 142 valence electrons. The van der Waals surface area contributed by atoms with Gasteiger partial charge in [0.15, 0.2) is 0 Å². The third kappa shape index (κ3) is 4.21. The van der Waals surface area contributed by atoms with E-state index in [1.807, 2.05) is 24.3 Å². The van der Waals surface area contributed by atoms with Crippen LogP contribution in [0.15, 0.2) is 47.0 Å². The smallest absolute Gasteiger partial charge is 0.258 e. The van der Waals surface area contributed by atoms with E-state index in [0.29, 0.717) is 11.7 Å². The minimum absolute atomic E-state index is 0.0366. The van der Waals surface area contributed by atoms with Gasteiger partial charge in [-0.25, -0.2) is 0 Å². The molecule has 0 aliphatic rings.